The van der Waals surface area contributed by atoms with Gasteiger partial charge in [0.2, 0.25) is 5.95 Å². The van der Waals surface area contributed by atoms with Gasteiger partial charge in [-0.15, -0.1) is 0 Å². The van der Waals surface area contributed by atoms with Crippen LogP contribution < -0.4 is 11.0 Å². The molecule has 2 aromatic rings. The fourth-order valence-corrected chi connectivity index (χ4v) is 2.54. The second-order valence-corrected chi connectivity index (χ2v) is 5.37. The summed E-state index contributed by atoms with van der Waals surface area (Å²) in [6.07, 6.45) is 3.62. The minimum atomic E-state index is -0.339. The molecular formula is C14H17BrN4O. The van der Waals surface area contributed by atoms with E-state index in [1.165, 1.54) is 10.9 Å². The van der Waals surface area contributed by atoms with E-state index in [-0.39, 0.29) is 5.69 Å². The Labute approximate surface area is 126 Å². The van der Waals surface area contributed by atoms with Crippen molar-refractivity contribution < 1.29 is 0 Å². The summed E-state index contributed by atoms with van der Waals surface area (Å²) in [6.45, 7) is 4.82. The highest BCUT2D eigenvalue weighted by Crippen LogP contribution is 2.22. The molecule has 0 unspecified atom stereocenters. The van der Waals surface area contributed by atoms with E-state index in [9.17, 15) is 4.79 Å². The molecule has 5 nitrogen and oxygen atoms in total. The predicted molar refractivity (Wildman–Crippen MR) is 83.5 cm³/mol. The number of anilines is 1. The Morgan fingerprint density at radius 3 is 2.85 bits per heavy atom. The molecule has 0 aliphatic carbocycles. The Kier molecular flexibility index (Phi) is 4.89. The number of nitrogens with zero attached hydrogens (tertiary/aromatic N) is 3. The molecule has 1 aromatic heterocycles. The van der Waals surface area contributed by atoms with Crippen LogP contribution in [0.25, 0.3) is 5.69 Å². The molecule has 0 aliphatic heterocycles. The van der Waals surface area contributed by atoms with Gasteiger partial charge >= 0.3 is 5.69 Å². The Bertz CT molecular complexity index is 634. The molecule has 1 aromatic carbocycles. The molecule has 106 valence electrons. The SMILES string of the molecule is CCCCNc1ncn(-c2c(C)cccc2Br)c(=O)n1. The van der Waals surface area contributed by atoms with E-state index in [2.05, 4.69) is 38.1 Å². The molecule has 0 spiro atoms. The molecule has 0 bridgehead atoms. The van der Waals surface area contributed by atoms with Crippen molar-refractivity contribution in [3.63, 3.8) is 0 Å². The standard InChI is InChI=1S/C14H17BrN4O/c1-3-4-8-16-13-17-9-19(14(20)18-13)12-10(2)6-5-7-11(12)15/h5-7,9H,3-4,8H2,1-2H3,(H,16,18,20). The summed E-state index contributed by atoms with van der Waals surface area (Å²) in [5, 5.41) is 3.05. The van der Waals surface area contributed by atoms with Gasteiger partial charge in [0, 0.05) is 11.0 Å². The van der Waals surface area contributed by atoms with E-state index in [0.29, 0.717) is 5.95 Å². The first-order valence-corrected chi connectivity index (χ1v) is 7.38. The topological polar surface area (TPSA) is 59.8 Å². The second kappa shape index (κ2) is 6.65. The fourth-order valence-electron chi connectivity index (χ4n) is 1.88. The molecular weight excluding hydrogens is 320 g/mol. The zero-order valence-electron chi connectivity index (χ0n) is 11.6. The van der Waals surface area contributed by atoms with Gasteiger partial charge in [-0.1, -0.05) is 25.5 Å². The second-order valence-electron chi connectivity index (χ2n) is 4.52. The van der Waals surface area contributed by atoms with E-state index in [4.69, 9.17) is 0 Å². The lowest BCUT2D eigenvalue weighted by molar-refractivity contribution is 0.806. The average Bonchev–Trinajstić information content (AvgIpc) is 2.41. The molecule has 0 atom stereocenters. The normalized spacial score (nSPS) is 10.6. The molecule has 1 heterocycles. The summed E-state index contributed by atoms with van der Waals surface area (Å²) in [4.78, 5) is 20.3. The first-order valence-electron chi connectivity index (χ1n) is 6.58. The molecule has 0 amide bonds. The third-order valence-electron chi connectivity index (χ3n) is 2.95. The van der Waals surface area contributed by atoms with Gasteiger partial charge in [0.1, 0.15) is 6.33 Å². The van der Waals surface area contributed by atoms with Crippen LogP contribution in [0.1, 0.15) is 25.3 Å². The number of hydrogen-bond acceptors (Lipinski definition) is 4. The lowest BCUT2D eigenvalue weighted by Gasteiger charge is -2.11. The highest BCUT2D eigenvalue weighted by atomic mass is 79.9. The average molecular weight is 337 g/mol. The summed E-state index contributed by atoms with van der Waals surface area (Å²) in [5.41, 5.74) is 1.42. The fraction of sp³-hybridized carbons (Fsp3) is 0.357. The number of para-hydroxylation sites is 1. The van der Waals surface area contributed by atoms with E-state index in [0.717, 1.165) is 35.1 Å². The van der Waals surface area contributed by atoms with Crippen LogP contribution in [-0.4, -0.2) is 21.1 Å². The Hall–Kier alpha value is -1.69. The smallest absolute Gasteiger partial charge is 0.354 e. The van der Waals surface area contributed by atoms with E-state index < -0.39 is 0 Å². The van der Waals surface area contributed by atoms with Crippen molar-refractivity contribution in [2.45, 2.75) is 26.7 Å². The maximum Gasteiger partial charge on any atom is 0.356 e. The first kappa shape index (κ1) is 14.7. The van der Waals surface area contributed by atoms with Crippen molar-refractivity contribution in [2.24, 2.45) is 0 Å². The predicted octanol–water partition coefficient (Wildman–Crippen LogP) is 2.91. The number of aromatic nitrogens is 3. The van der Waals surface area contributed by atoms with Crippen LogP contribution in [0.3, 0.4) is 0 Å². The number of benzene rings is 1. The van der Waals surface area contributed by atoms with Crippen LogP contribution in [0.2, 0.25) is 0 Å². The van der Waals surface area contributed by atoms with Crippen molar-refractivity contribution in [2.75, 3.05) is 11.9 Å². The quantitative estimate of drug-likeness (QED) is 0.853. The molecule has 0 aliphatic rings. The third-order valence-corrected chi connectivity index (χ3v) is 3.59. The largest absolute Gasteiger partial charge is 0.356 e. The van der Waals surface area contributed by atoms with Gasteiger partial charge in [-0.2, -0.15) is 4.98 Å². The van der Waals surface area contributed by atoms with Gasteiger partial charge < -0.3 is 5.32 Å². The molecule has 2 rings (SSSR count). The molecule has 6 heteroatoms. The summed E-state index contributed by atoms with van der Waals surface area (Å²) in [6, 6.07) is 5.76. The van der Waals surface area contributed by atoms with Crippen LogP contribution in [0, 0.1) is 6.92 Å². The van der Waals surface area contributed by atoms with Gasteiger partial charge in [-0.3, -0.25) is 0 Å². The first-order chi connectivity index (χ1) is 9.63. The molecule has 0 saturated heterocycles. The van der Waals surface area contributed by atoms with Gasteiger partial charge in [0.05, 0.1) is 5.69 Å². The molecule has 0 saturated carbocycles. The van der Waals surface area contributed by atoms with Crippen molar-refractivity contribution >= 4 is 21.9 Å². The van der Waals surface area contributed by atoms with Crippen LogP contribution in [-0.2, 0) is 0 Å². The maximum absolute atomic E-state index is 12.1. The number of unbranched alkanes of at least 4 members (excludes halogenated alkanes) is 1. The van der Waals surface area contributed by atoms with Gasteiger partial charge in [0.25, 0.3) is 0 Å². The van der Waals surface area contributed by atoms with Crippen LogP contribution in [0.5, 0.6) is 0 Å². The van der Waals surface area contributed by atoms with Crippen molar-refractivity contribution in [3.8, 4) is 5.69 Å². The maximum atomic E-state index is 12.1. The van der Waals surface area contributed by atoms with Crippen molar-refractivity contribution in [3.05, 3.63) is 45.0 Å². The highest BCUT2D eigenvalue weighted by Gasteiger charge is 2.09. The van der Waals surface area contributed by atoms with Gasteiger partial charge in [-0.25, -0.2) is 14.3 Å². The van der Waals surface area contributed by atoms with Crippen molar-refractivity contribution in [1.29, 1.82) is 0 Å². The van der Waals surface area contributed by atoms with Gasteiger partial charge in [0.15, 0.2) is 0 Å². The Morgan fingerprint density at radius 2 is 2.20 bits per heavy atom. The van der Waals surface area contributed by atoms with Gasteiger partial charge in [-0.05, 0) is 40.9 Å². The number of rotatable bonds is 5. The van der Waals surface area contributed by atoms with Crippen molar-refractivity contribution in [1.82, 2.24) is 14.5 Å². The zero-order valence-corrected chi connectivity index (χ0v) is 13.1. The summed E-state index contributed by atoms with van der Waals surface area (Å²) in [5.74, 6) is 0.379. The minimum Gasteiger partial charge on any atom is -0.354 e. The van der Waals surface area contributed by atoms with E-state index >= 15 is 0 Å². The van der Waals surface area contributed by atoms with Crippen LogP contribution >= 0.6 is 15.9 Å². The number of nitrogens with one attached hydrogen (secondary N) is 1. The Balaban J connectivity index is 2.33. The van der Waals surface area contributed by atoms with Crippen LogP contribution in [0.15, 0.2) is 33.8 Å². The summed E-state index contributed by atoms with van der Waals surface area (Å²) in [7, 11) is 0. The molecule has 0 radical (unpaired) electrons. The minimum absolute atomic E-state index is 0.339. The zero-order chi connectivity index (χ0) is 14.5. The summed E-state index contributed by atoms with van der Waals surface area (Å²) >= 11 is 3.46. The lowest BCUT2D eigenvalue weighted by Crippen LogP contribution is -2.24. The number of halogens is 1. The van der Waals surface area contributed by atoms with E-state index in [1.54, 1.807) is 0 Å². The number of aryl methyl sites for hydroxylation is 1. The summed E-state index contributed by atoms with van der Waals surface area (Å²) < 4.78 is 2.29. The lowest BCUT2D eigenvalue weighted by atomic mass is 10.2. The monoisotopic (exact) mass is 336 g/mol. The third kappa shape index (κ3) is 3.25. The highest BCUT2D eigenvalue weighted by molar-refractivity contribution is 9.10. The number of hydrogen-bond donors (Lipinski definition) is 1. The Morgan fingerprint density at radius 1 is 1.40 bits per heavy atom. The molecule has 20 heavy (non-hydrogen) atoms. The molecule has 0 fully saturated rings. The molecule has 1 N–H and O–H groups in total. The van der Waals surface area contributed by atoms with Crippen LogP contribution in [0.4, 0.5) is 5.95 Å². The van der Waals surface area contributed by atoms with E-state index in [1.807, 2.05) is 25.1 Å².